The highest BCUT2D eigenvalue weighted by Crippen LogP contribution is 2.25. The molecular formula is C19H19N3O4S. The number of thiophene rings is 1. The van der Waals surface area contributed by atoms with Gasteiger partial charge >= 0.3 is 0 Å². The van der Waals surface area contributed by atoms with Crippen molar-refractivity contribution in [2.24, 2.45) is 0 Å². The molecule has 2 amide bonds. The molecule has 3 aromatic rings. The summed E-state index contributed by atoms with van der Waals surface area (Å²) >= 11 is 1.46. The molecule has 0 fully saturated rings. The van der Waals surface area contributed by atoms with E-state index in [4.69, 9.17) is 9.15 Å². The van der Waals surface area contributed by atoms with E-state index in [0.29, 0.717) is 17.4 Å². The van der Waals surface area contributed by atoms with Crippen LogP contribution in [0.15, 0.2) is 46.2 Å². The largest absolute Gasteiger partial charge is 0.483 e. The Labute approximate surface area is 160 Å². The van der Waals surface area contributed by atoms with Gasteiger partial charge in [-0.25, -0.2) is 4.98 Å². The fraction of sp³-hybridized carbons (Fsp3) is 0.211. The zero-order valence-corrected chi connectivity index (χ0v) is 15.8. The molecule has 0 spiro atoms. The van der Waals surface area contributed by atoms with Gasteiger partial charge in [0.1, 0.15) is 11.5 Å². The molecule has 2 aromatic heterocycles. The number of hydrazine groups is 1. The van der Waals surface area contributed by atoms with E-state index >= 15 is 0 Å². The lowest BCUT2D eigenvalue weighted by molar-refractivity contribution is -0.123. The van der Waals surface area contributed by atoms with Crippen LogP contribution >= 0.6 is 11.3 Å². The lowest BCUT2D eigenvalue weighted by Crippen LogP contribution is -2.44. The van der Waals surface area contributed by atoms with Crippen LogP contribution in [0.1, 0.15) is 28.7 Å². The van der Waals surface area contributed by atoms with Crippen LogP contribution in [0.25, 0.3) is 10.8 Å². The van der Waals surface area contributed by atoms with Gasteiger partial charge in [-0.2, -0.15) is 0 Å². The molecule has 0 saturated carbocycles. The van der Waals surface area contributed by atoms with Crippen LogP contribution in [-0.4, -0.2) is 23.4 Å². The first-order valence-electron chi connectivity index (χ1n) is 8.39. The second-order valence-corrected chi connectivity index (χ2v) is 6.60. The predicted octanol–water partition coefficient (Wildman–Crippen LogP) is 3.11. The van der Waals surface area contributed by atoms with Gasteiger partial charge in [0.2, 0.25) is 5.89 Å². The molecule has 2 heterocycles. The normalized spacial score (nSPS) is 10.4. The van der Waals surface area contributed by atoms with Crippen LogP contribution in [0.2, 0.25) is 0 Å². The fourth-order valence-electron chi connectivity index (χ4n) is 2.41. The lowest BCUT2D eigenvalue weighted by atomic mass is 10.1. The zero-order chi connectivity index (χ0) is 19.2. The number of oxazole rings is 1. The third-order valence-electron chi connectivity index (χ3n) is 3.77. The molecule has 0 saturated heterocycles. The molecule has 0 radical (unpaired) electrons. The number of hydrogen-bond acceptors (Lipinski definition) is 6. The summed E-state index contributed by atoms with van der Waals surface area (Å²) < 4.78 is 11.0. The van der Waals surface area contributed by atoms with Crippen molar-refractivity contribution in [3.8, 4) is 16.5 Å². The summed E-state index contributed by atoms with van der Waals surface area (Å²) in [7, 11) is 0. The number of para-hydroxylation sites is 1. The van der Waals surface area contributed by atoms with E-state index in [1.54, 1.807) is 13.0 Å². The Kier molecular flexibility index (Phi) is 5.87. The summed E-state index contributed by atoms with van der Waals surface area (Å²) in [5.74, 6) is 0.362. The van der Waals surface area contributed by atoms with Gasteiger partial charge in [-0.05, 0) is 36.4 Å². The average molecular weight is 385 g/mol. The zero-order valence-electron chi connectivity index (χ0n) is 14.9. The van der Waals surface area contributed by atoms with Crippen LogP contribution in [0.4, 0.5) is 0 Å². The van der Waals surface area contributed by atoms with E-state index in [0.717, 1.165) is 16.9 Å². The van der Waals surface area contributed by atoms with Crippen molar-refractivity contribution in [1.29, 1.82) is 0 Å². The molecule has 0 unspecified atom stereocenters. The van der Waals surface area contributed by atoms with E-state index in [-0.39, 0.29) is 12.3 Å². The van der Waals surface area contributed by atoms with Gasteiger partial charge in [0.25, 0.3) is 11.8 Å². The van der Waals surface area contributed by atoms with Gasteiger partial charge in [0, 0.05) is 0 Å². The molecule has 0 aliphatic heterocycles. The molecule has 2 N–H and O–H groups in total. The van der Waals surface area contributed by atoms with Crippen molar-refractivity contribution >= 4 is 23.2 Å². The van der Waals surface area contributed by atoms with Gasteiger partial charge in [-0.1, -0.05) is 31.2 Å². The molecule has 0 atom stereocenters. The number of nitrogens with zero attached hydrogens (tertiary/aromatic N) is 1. The van der Waals surface area contributed by atoms with Gasteiger partial charge in [-0.3, -0.25) is 20.4 Å². The minimum absolute atomic E-state index is 0.121. The maximum atomic E-state index is 12.2. The lowest BCUT2D eigenvalue weighted by Gasteiger charge is -2.10. The van der Waals surface area contributed by atoms with Crippen molar-refractivity contribution in [2.75, 3.05) is 6.61 Å². The predicted molar refractivity (Wildman–Crippen MR) is 101 cm³/mol. The molecule has 27 heavy (non-hydrogen) atoms. The molecule has 0 bridgehead atoms. The first kappa shape index (κ1) is 18.7. The Hall–Kier alpha value is -3.13. The first-order valence-corrected chi connectivity index (χ1v) is 9.27. The number of hydrogen-bond donors (Lipinski definition) is 2. The Balaban J connectivity index is 1.54. The van der Waals surface area contributed by atoms with Crippen LogP contribution in [0, 0.1) is 6.92 Å². The number of aromatic nitrogens is 1. The molecule has 1 aromatic carbocycles. The number of carbonyl (C=O) groups is 2. The van der Waals surface area contributed by atoms with Crippen LogP contribution < -0.4 is 15.6 Å². The Morgan fingerprint density at radius 2 is 2.00 bits per heavy atom. The van der Waals surface area contributed by atoms with Crippen molar-refractivity contribution in [1.82, 2.24) is 15.8 Å². The third-order valence-corrected chi connectivity index (χ3v) is 4.63. The topological polar surface area (TPSA) is 93.5 Å². The van der Waals surface area contributed by atoms with Crippen molar-refractivity contribution in [2.45, 2.75) is 20.3 Å². The van der Waals surface area contributed by atoms with E-state index in [9.17, 15) is 9.59 Å². The number of aryl methyl sites for hydroxylation is 2. The maximum Gasteiger partial charge on any atom is 0.291 e. The number of rotatable bonds is 6. The highest BCUT2D eigenvalue weighted by molar-refractivity contribution is 7.13. The second kappa shape index (κ2) is 8.50. The van der Waals surface area contributed by atoms with Crippen molar-refractivity contribution in [3.05, 3.63) is 58.8 Å². The van der Waals surface area contributed by atoms with E-state index in [1.165, 1.54) is 11.3 Å². The molecule has 3 rings (SSSR count). The highest BCUT2D eigenvalue weighted by Gasteiger charge is 2.19. The van der Waals surface area contributed by atoms with Crippen molar-refractivity contribution in [3.63, 3.8) is 0 Å². The number of amides is 2. The summed E-state index contributed by atoms with van der Waals surface area (Å²) in [6.45, 7) is 3.44. The van der Waals surface area contributed by atoms with Gasteiger partial charge < -0.3 is 9.15 Å². The van der Waals surface area contributed by atoms with Gasteiger partial charge in [0.15, 0.2) is 12.3 Å². The SMILES string of the molecule is CCc1ccccc1OCC(=O)NNC(=O)c1nc(-c2cccs2)oc1C. The standard InChI is InChI=1S/C19H19N3O4S/c1-3-13-7-4-5-8-14(13)25-11-16(23)21-22-18(24)17-12(2)26-19(20-17)15-9-6-10-27-15/h4-10H,3,11H2,1-2H3,(H,21,23)(H,22,24). The van der Waals surface area contributed by atoms with Crippen LogP contribution in [-0.2, 0) is 11.2 Å². The van der Waals surface area contributed by atoms with Gasteiger partial charge in [0.05, 0.1) is 4.88 Å². The van der Waals surface area contributed by atoms with E-state index in [2.05, 4.69) is 15.8 Å². The third kappa shape index (κ3) is 4.53. The monoisotopic (exact) mass is 385 g/mol. The molecular weight excluding hydrogens is 366 g/mol. The summed E-state index contributed by atoms with van der Waals surface area (Å²) in [4.78, 5) is 29.2. The van der Waals surface area contributed by atoms with Crippen molar-refractivity contribution < 1.29 is 18.7 Å². The number of benzene rings is 1. The first-order chi connectivity index (χ1) is 13.1. The molecule has 7 nitrogen and oxygen atoms in total. The average Bonchev–Trinajstić information content (AvgIpc) is 3.34. The van der Waals surface area contributed by atoms with Crippen LogP contribution in [0.3, 0.4) is 0 Å². The number of carbonyl (C=O) groups excluding carboxylic acids is 2. The maximum absolute atomic E-state index is 12.2. The second-order valence-electron chi connectivity index (χ2n) is 5.65. The quantitative estimate of drug-likeness (QED) is 0.636. The fourth-order valence-corrected chi connectivity index (χ4v) is 3.06. The molecule has 0 aliphatic rings. The minimum atomic E-state index is -0.554. The minimum Gasteiger partial charge on any atom is -0.483 e. The van der Waals surface area contributed by atoms with Gasteiger partial charge in [-0.15, -0.1) is 11.3 Å². The summed E-state index contributed by atoms with van der Waals surface area (Å²) in [6, 6.07) is 11.2. The number of nitrogens with one attached hydrogen (secondary N) is 2. The van der Waals surface area contributed by atoms with E-state index in [1.807, 2.05) is 42.6 Å². The Bertz CT molecular complexity index is 934. The highest BCUT2D eigenvalue weighted by atomic mass is 32.1. The Morgan fingerprint density at radius 3 is 2.74 bits per heavy atom. The van der Waals surface area contributed by atoms with Crippen LogP contribution in [0.5, 0.6) is 5.75 Å². The summed E-state index contributed by atoms with van der Waals surface area (Å²) in [6.07, 6.45) is 0.798. The number of ether oxygens (including phenoxy) is 1. The Morgan fingerprint density at radius 1 is 1.19 bits per heavy atom. The molecule has 8 heteroatoms. The smallest absolute Gasteiger partial charge is 0.291 e. The molecule has 0 aliphatic carbocycles. The summed E-state index contributed by atoms with van der Waals surface area (Å²) in [5.41, 5.74) is 5.77. The van der Waals surface area contributed by atoms with E-state index < -0.39 is 11.8 Å². The summed E-state index contributed by atoms with van der Waals surface area (Å²) in [5, 5.41) is 1.89. The molecule has 140 valence electrons.